The average molecular weight is 436 g/mol. The third-order valence-corrected chi connectivity index (χ3v) is 6.95. The summed E-state index contributed by atoms with van der Waals surface area (Å²) in [6, 6.07) is 2.03. The van der Waals surface area contributed by atoms with Gasteiger partial charge in [-0.05, 0) is 31.2 Å². The van der Waals surface area contributed by atoms with Crippen LogP contribution in [-0.4, -0.2) is 45.3 Å². The molecule has 0 spiro atoms. The summed E-state index contributed by atoms with van der Waals surface area (Å²) in [5.74, 6) is -2.01. The highest BCUT2D eigenvalue weighted by Crippen LogP contribution is 2.46. The molecule has 5 rings (SSSR count). The molecule has 9 heteroatoms. The van der Waals surface area contributed by atoms with Crippen molar-refractivity contribution >= 4 is 23.4 Å². The van der Waals surface area contributed by atoms with E-state index < -0.39 is 17.5 Å². The molecule has 0 radical (unpaired) electrons. The van der Waals surface area contributed by atoms with Crippen LogP contribution in [-0.2, 0) is 16.1 Å². The number of fused-ring (bicyclic) bond motifs is 6. The van der Waals surface area contributed by atoms with Crippen molar-refractivity contribution in [3.63, 3.8) is 0 Å². The molecule has 0 unspecified atom stereocenters. The van der Waals surface area contributed by atoms with Crippen LogP contribution in [0.2, 0.25) is 5.02 Å². The molecule has 158 valence electrons. The van der Waals surface area contributed by atoms with Gasteiger partial charge in [0, 0.05) is 49.0 Å². The summed E-state index contributed by atoms with van der Waals surface area (Å²) in [4.78, 5) is 29.2. The summed E-state index contributed by atoms with van der Waals surface area (Å²) in [5, 5.41) is 13.0. The molecule has 2 saturated heterocycles. The highest BCUT2D eigenvalue weighted by molar-refractivity contribution is 6.31. The number of hydrogen-bond donors (Lipinski definition) is 2. The molecule has 3 atom stereocenters. The minimum Gasteiger partial charge on any atom is -0.510 e. The number of piperidine rings is 1. The van der Waals surface area contributed by atoms with E-state index in [2.05, 4.69) is 5.32 Å². The maximum absolute atomic E-state index is 13.9. The Kier molecular flexibility index (Phi) is 4.50. The Hall–Kier alpha value is -2.61. The smallest absolute Gasteiger partial charge is 0.274 e. The molecule has 3 aliphatic heterocycles. The number of carbonyl (C=O) groups is 2. The zero-order valence-corrected chi connectivity index (χ0v) is 16.8. The van der Waals surface area contributed by atoms with Gasteiger partial charge in [0.15, 0.2) is 0 Å². The van der Waals surface area contributed by atoms with Crippen LogP contribution < -0.4 is 5.32 Å². The average Bonchev–Trinajstić information content (AvgIpc) is 3.28. The van der Waals surface area contributed by atoms with Crippen molar-refractivity contribution in [1.29, 1.82) is 0 Å². The first-order chi connectivity index (χ1) is 14.3. The molecular weight excluding hydrogens is 416 g/mol. The van der Waals surface area contributed by atoms with Crippen LogP contribution in [0.25, 0.3) is 0 Å². The standard InChI is InChI=1S/C21H20ClF2N3O3/c22-15-5-12(23)6-16(24)14(15)7-25-20(29)11-4-18(28)19-21(30)27-13-2-1-10(3-13)17(27)9-26(19)8-11/h5-6,8,10,13,17,28H,1-4,7,9H2,(H,25,29)/t10-,13+,17+/m1/s1. The summed E-state index contributed by atoms with van der Waals surface area (Å²) in [6.07, 6.45) is 4.61. The van der Waals surface area contributed by atoms with E-state index in [9.17, 15) is 23.5 Å². The number of nitrogens with one attached hydrogen (secondary N) is 1. The lowest BCUT2D eigenvalue weighted by Crippen LogP contribution is -2.57. The van der Waals surface area contributed by atoms with E-state index >= 15 is 0 Å². The zero-order chi connectivity index (χ0) is 21.2. The molecule has 3 heterocycles. The van der Waals surface area contributed by atoms with Crippen LogP contribution >= 0.6 is 11.6 Å². The van der Waals surface area contributed by atoms with Gasteiger partial charge >= 0.3 is 0 Å². The molecule has 4 aliphatic rings. The lowest BCUT2D eigenvalue weighted by Gasteiger charge is -2.45. The number of carbonyl (C=O) groups excluding carboxylic acids is 2. The molecule has 0 aromatic heterocycles. The maximum atomic E-state index is 13.9. The number of hydrogen-bond acceptors (Lipinski definition) is 4. The topological polar surface area (TPSA) is 72.9 Å². The van der Waals surface area contributed by atoms with Crippen LogP contribution in [0.1, 0.15) is 31.2 Å². The number of piperazine rings is 1. The molecule has 3 fully saturated rings. The van der Waals surface area contributed by atoms with Crippen molar-refractivity contribution in [1.82, 2.24) is 15.1 Å². The van der Waals surface area contributed by atoms with Gasteiger partial charge in [-0.3, -0.25) is 9.59 Å². The summed E-state index contributed by atoms with van der Waals surface area (Å²) >= 11 is 5.87. The van der Waals surface area contributed by atoms with Crippen molar-refractivity contribution in [2.45, 2.75) is 44.3 Å². The molecular formula is C21H20ClF2N3O3. The lowest BCUT2D eigenvalue weighted by molar-refractivity contribution is -0.137. The third kappa shape index (κ3) is 2.96. The van der Waals surface area contributed by atoms with Gasteiger partial charge in [-0.2, -0.15) is 0 Å². The molecule has 1 aromatic rings. The molecule has 2 amide bonds. The first kappa shape index (κ1) is 19.4. The number of allylic oxidation sites excluding steroid dienone is 1. The summed E-state index contributed by atoms with van der Waals surface area (Å²) < 4.78 is 27.1. The van der Waals surface area contributed by atoms with Crippen LogP contribution in [0, 0.1) is 17.6 Å². The molecule has 2 N–H and O–H groups in total. The number of aliphatic hydroxyl groups excluding tert-OH is 1. The minimum absolute atomic E-state index is 0.0194. The number of amides is 2. The fourth-order valence-corrected chi connectivity index (χ4v) is 5.51. The highest BCUT2D eigenvalue weighted by atomic mass is 35.5. The Labute approximate surface area is 176 Å². The van der Waals surface area contributed by atoms with E-state index in [1.807, 2.05) is 4.90 Å². The quantitative estimate of drug-likeness (QED) is 0.765. The van der Waals surface area contributed by atoms with Crippen LogP contribution in [0.15, 0.2) is 35.4 Å². The van der Waals surface area contributed by atoms with E-state index in [1.165, 1.54) is 0 Å². The van der Waals surface area contributed by atoms with Gasteiger partial charge in [0.2, 0.25) is 5.91 Å². The van der Waals surface area contributed by atoms with Crippen LogP contribution in [0.5, 0.6) is 0 Å². The molecule has 30 heavy (non-hydrogen) atoms. The van der Waals surface area contributed by atoms with Gasteiger partial charge in [0.1, 0.15) is 23.1 Å². The third-order valence-electron chi connectivity index (χ3n) is 6.61. The molecule has 2 bridgehead atoms. The van der Waals surface area contributed by atoms with Crippen molar-refractivity contribution in [2.75, 3.05) is 6.54 Å². The SMILES string of the molecule is O=C(NCc1c(F)cc(F)cc1Cl)C1=CN2C[C@H]3[C@@H]4CC[C@@H](C4)N3C(=O)C2=C(O)C1. The highest BCUT2D eigenvalue weighted by Gasteiger charge is 2.53. The predicted octanol–water partition coefficient (Wildman–Crippen LogP) is 2.99. The minimum atomic E-state index is -0.846. The fraction of sp³-hybridized carbons (Fsp3) is 0.429. The Bertz CT molecular complexity index is 1000. The predicted molar refractivity (Wildman–Crippen MR) is 104 cm³/mol. The Balaban J connectivity index is 1.33. The number of nitrogens with zero attached hydrogens (tertiary/aromatic N) is 2. The molecule has 1 saturated carbocycles. The van der Waals surface area contributed by atoms with Gasteiger partial charge in [-0.15, -0.1) is 0 Å². The van der Waals surface area contributed by atoms with Crippen molar-refractivity contribution in [2.24, 2.45) is 5.92 Å². The van der Waals surface area contributed by atoms with Crippen molar-refractivity contribution < 1.29 is 23.5 Å². The van der Waals surface area contributed by atoms with Crippen LogP contribution in [0.3, 0.4) is 0 Å². The van der Waals surface area contributed by atoms with Crippen molar-refractivity contribution in [3.05, 3.63) is 57.6 Å². The van der Waals surface area contributed by atoms with E-state index in [1.54, 1.807) is 11.1 Å². The summed E-state index contributed by atoms with van der Waals surface area (Å²) in [5.41, 5.74) is 0.483. The number of aliphatic hydroxyl groups is 1. The number of halogens is 3. The molecule has 1 aliphatic carbocycles. The normalized spacial score (nSPS) is 27.2. The second-order valence-corrected chi connectivity index (χ2v) is 8.72. The lowest BCUT2D eigenvalue weighted by atomic mass is 9.93. The van der Waals surface area contributed by atoms with E-state index in [0.717, 1.165) is 25.3 Å². The van der Waals surface area contributed by atoms with E-state index in [4.69, 9.17) is 11.6 Å². The first-order valence-electron chi connectivity index (χ1n) is 9.97. The monoisotopic (exact) mass is 435 g/mol. The van der Waals surface area contributed by atoms with Crippen molar-refractivity contribution in [3.8, 4) is 0 Å². The summed E-state index contributed by atoms with van der Waals surface area (Å²) in [7, 11) is 0. The van der Waals surface area contributed by atoms with Crippen LogP contribution in [0.4, 0.5) is 8.78 Å². The zero-order valence-electron chi connectivity index (χ0n) is 16.0. The Morgan fingerprint density at radius 1 is 1.30 bits per heavy atom. The molecule has 6 nitrogen and oxygen atoms in total. The van der Waals surface area contributed by atoms with E-state index in [-0.39, 0.29) is 58.6 Å². The second kappa shape index (κ2) is 6.97. The van der Waals surface area contributed by atoms with E-state index in [0.29, 0.717) is 18.5 Å². The van der Waals surface area contributed by atoms with Gasteiger partial charge in [-0.25, -0.2) is 8.78 Å². The Morgan fingerprint density at radius 3 is 2.87 bits per heavy atom. The summed E-state index contributed by atoms with van der Waals surface area (Å²) in [6.45, 7) is 0.318. The van der Waals surface area contributed by atoms with Gasteiger partial charge < -0.3 is 20.2 Å². The number of benzene rings is 1. The second-order valence-electron chi connectivity index (χ2n) is 8.32. The Morgan fingerprint density at radius 2 is 2.10 bits per heavy atom. The fourth-order valence-electron chi connectivity index (χ4n) is 5.25. The number of rotatable bonds is 3. The first-order valence-corrected chi connectivity index (χ1v) is 10.3. The van der Waals surface area contributed by atoms with Gasteiger partial charge in [0.05, 0.1) is 11.1 Å². The maximum Gasteiger partial charge on any atom is 0.274 e. The van der Waals surface area contributed by atoms with Gasteiger partial charge in [-0.1, -0.05) is 11.6 Å². The largest absolute Gasteiger partial charge is 0.510 e. The van der Waals surface area contributed by atoms with Gasteiger partial charge in [0.25, 0.3) is 5.91 Å². The molecule has 1 aromatic carbocycles.